The molecule has 0 spiro atoms. The van der Waals surface area contributed by atoms with Gasteiger partial charge in [0.05, 0.1) is 12.7 Å². The van der Waals surface area contributed by atoms with E-state index in [1.807, 2.05) is 12.1 Å². The molecule has 0 radical (unpaired) electrons. The summed E-state index contributed by atoms with van der Waals surface area (Å²) in [5.41, 5.74) is 2.45. The lowest BCUT2D eigenvalue weighted by molar-refractivity contribution is -0.138. The zero-order valence-corrected chi connectivity index (χ0v) is 20.2. The van der Waals surface area contributed by atoms with E-state index >= 15 is 0 Å². The Morgan fingerprint density at radius 3 is 2.51 bits per heavy atom. The number of alkyl halides is 3. The standard InChI is InChI=1S/C28H32F3NO3/c1-17-5-3-8-23-22(17)7-4-6-20(26(23)33)15-18-9-11-19(12-10-18)27(34)32-21-13-14-25(35-2)24(16-21)28(29,30)31/h3,5,8,13-14,16,18-20H,4,6-7,9-12,15H2,1-2H3,(H,32,34). The van der Waals surface area contributed by atoms with Gasteiger partial charge in [0.15, 0.2) is 5.78 Å². The minimum Gasteiger partial charge on any atom is -0.496 e. The maximum Gasteiger partial charge on any atom is 0.420 e. The number of rotatable bonds is 5. The molecule has 0 saturated heterocycles. The van der Waals surface area contributed by atoms with Crippen LogP contribution in [0.3, 0.4) is 0 Å². The molecule has 4 rings (SSSR count). The molecule has 1 amide bonds. The van der Waals surface area contributed by atoms with E-state index in [9.17, 15) is 22.8 Å². The molecule has 7 heteroatoms. The number of carbonyl (C=O) groups is 2. The van der Waals surface area contributed by atoms with Gasteiger partial charge in [0, 0.05) is 23.1 Å². The second kappa shape index (κ2) is 10.4. The fourth-order valence-corrected chi connectivity index (χ4v) is 5.68. The Kier molecular flexibility index (Phi) is 7.53. The number of hydrogen-bond donors (Lipinski definition) is 1. The number of benzene rings is 2. The Balaban J connectivity index is 1.34. The molecule has 1 fully saturated rings. The highest BCUT2D eigenvalue weighted by atomic mass is 19.4. The highest BCUT2D eigenvalue weighted by Gasteiger charge is 2.35. The number of carbonyl (C=O) groups excluding carboxylic acids is 2. The van der Waals surface area contributed by atoms with Crippen LogP contribution in [0, 0.1) is 24.7 Å². The molecule has 2 aliphatic carbocycles. The van der Waals surface area contributed by atoms with Crippen LogP contribution in [0.5, 0.6) is 5.75 Å². The molecule has 2 aromatic carbocycles. The van der Waals surface area contributed by atoms with Crippen LogP contribution < -0.4 is 10.1 Å². The van der Waals surface area contributed by atoms with Gasteiger partial charge in [-0.1, -0.05) is 18.2 Å². The van der Waals surface area contributed by atoms with E-state index in [0.717, 1.165) is 50.2 Å². The number of ether oxygens (including phenoxy) is 1. The highest BCUT2D eigenvalue weighted by Crippen LogP contribution is 2.39. The summed E-state index contributed by atoms with van der Waals surface area (Å²) in [5, 5.41) is 2.65. The molecular weight excluding hydrogens is 455 g/mol. The molecule has 0 aliphatic heterocycles. The van der Waals surface area contributed by atoms with Crippen LogP contribution in [0.4, 0.5) is 18.9 Å². The third kappa shape index (κ3) is 5.71. The molecule has 1 atom stereocenters. The number of halogens is 3. The van der Waals surface area contributed by atoms with Gasteiger partial charge in [0.1, 0.15) is 5.75 Å². The van der Waals surface area contributed by atoms with Gasteiger partial charge in [-0.15, -0.1) is 0 Å². The third-order valence-corrected chi connectivity index (χ3v) is 7.63. The quantitative estimate of drug-likeness (QED) is 0.462. The van der Waals surface area contributed by atoms with Gasteiger partial charge in [-0.2, -0.15) is 13.2 Å². The fourth-order valence-electron chi connectivity index (χ4n) is 5.68. The summed E-state index contributed by atoms with van der Waals surface area (Å²) in [6.45, 7) is 2.06. The van der Waals surface area contributed by atoms with E-state index in [0.29, 0.717) is 18.8 Å². The Bertz CT molecular complexity index is 1090. The molecule has 1 unspecified atom stereocenters. The molecule has 188 valence electrons. The van der Waals surface area contributed by atoms with E-state index in [-0.39, 0.29) is 35.0 Å². The summed E-state index contributed by atoms with van der Waals surface area (Å²) in [6.07, 6.45) is 2.16. The minimum absolute atomic E-state index is 0.0218. The van der Waals surface area contributed by atoms with Crippen molar-refractivity contribution in [1.82, 2.24) is 0 Å². The molecule has 35 heavy (non-hydrogen) atoms. The molecule has 1 N–H and O–H groups in total. The Morgan fingerprint density at radius 1 is 1.09 bits per heavy atom. The Hall–Kier alpha value is -2.83. The van der Waals surface area contributed by atoms with E-state index in [1.165, 1.54) is 30.4 Å². The number of fused-ring (bicyclic) bond motifs is 1. The summed E-state index contributed by atoms with van der Waals surface area (Å²) in [4.78, 5) is 26.0. The smallest absolute Gasteiger partial charge is 0.420 e. The van der Waals surface area contributed by atoms with Crippen molar-refractivity contribution in [3.8, 4) is 5.75 Å². The van der Waals surface area contributed by atoms with Gasteiger partial charge in [-0.3, -0.25) is 9.59 Å². The van der Waals surface area contributed by atoms with Crippen molar-refractivity contribution < 1.29 is 27.5 Å². The SMILES string of the molecule is COc1ccc(NC(=O)C2CCC(CC3CCCc4c(C)cccc4C3=O)CC2)cc1C(F)(F)F. The number of hydrogen-bond acceptors (Lipinski definition) is 3. The third-order valence-electron chi connectivity index (χ3n) is 7.63. The number of amides is 1. The van der Waals surface area contributed by atoms with Gasteiger partial charge in [0.25, 0.3) is 0 Å². The second-order valence-corrected chi connectivity index (χ2v) is 9.91. The van der Waals surface area contributed by atoms with Crippen molar-refractivity contribution in [2.75, 3.05) is 12.4 Å². The summed E-state index contributed by atoms with van der Waals surface area (Å²) >= 11 is 0. The lowest BCUT2D eigenvalue weighted by Gasteiger charge is -2.30. The van der Waals surface area contributed by atoms with Gasteiger partial charge in [0.2, 0.25) is 5.91 Å². The van der Waals surface area contributed by atoms with Crippen LogP contribution >= 0.6 is 0 Å². The van der Waals surface area contributed by atoms with Crippen molar-refractivity contribution in [1.29, 1.82) is 0 Å². The lowest BCUT2D eigenvalue weighted by atomic mass is 9.76. The minimum atomic E-state index is -4.57. The molecule has 0 heterocycles. The molecule has 0 aromatic heterocycles. The van der Waals surface area contributed by atoms with E-state index < -0.39 is 11.7 Å². The highest BCUT2D eigenvalue weighted by molar-refractivity contribution is 5.99. The topological polar surface area (TPSA) is 55.4 Å². The average molecular weight is 488 g/mol. The van der Waals surface area contributed by atoms with Gasteiger partial charge in [-0.25, -0.2) is 0 Å². The number of aryl methyl sites for hydroxylation is 1. The number of Topliss-reactive ketones (excluding diaryl/α,β-unsaturated/α-hetero) is 1. The van der Waals surface area contributed by atoms with Crippen molar-refractivity contribution in [2.24, 2.45) is 17.8 Å². The van der Waals surface area contributed by atoms with E-state index in [4.69, 9.17) is 4.74 Å². The molecule has 4 nitrogen and oxygen atoms in total. The van der Waals surface area contributed by atoms with Crippen LogP contribution in [0.1, 0.15) is 72.0 Å². The molecule has 2 aromatic rings. The molecule has 2 aliphatic rings. The molecule has 0 bridgehead atoms. The first-order valence-corrected chi connectivity index (χ1v) is 12.4. The monoisotopic (exact) mass is 487 g/mol. The van der Waals surface area contributed by atoms with Crippen LogP contribution in [-0.4, -0.2) is 18.8 Å². The average Bonchev–Trinajstić information content (AvgIpc) is 2.99. The Labute approximate surface area is 204 Å². The largest absolute Gasteiger partial charge is 0.496 e. The fraction of sp³-hybridized carbons (Fsp3) is 0.500. The maximum atomic E-state index is 13.3. The van der Waals surface area contributed by atoms with Crippen molar-refractivity contribution in [2.45, 2.75) is 64.5 Å². The van der Waals surface area contributed by atoms with Crippen molar-refractivity contribution in [3.63, 3.8) is 0 Å². The zero-order valence-electron chi connectivity index (χ0n) is 20.2. The predicted octanol–water partition coefficient (Wildman–Crippen LogP) is 6.99. The zero-order chi connectivity index (χ0) is 25.2. The summed E-state index contributed by atoms with van der Waals surface area (Å²) < 4.78 is 44.6. The van der Waals surface area contributed by atoms with Crippen LogP contribution in [0.2, 0.25) is 0 Å². The Morgan fingerprint density at radius 2 is 1.83 bits per heavy atom. The van der Waals surface area contributed by atoms with Crippen LogP contribution in [0.25, 0.3) is 0 Å². The lowest BCUT2D eigenvalue weighted by Crippen LogP contribution is -2.28. The molecular formula is C28H32F3NO3. The van der Waals surface area contributed by atoms with Crippen molar-refractivity contribution in [3.05, 3.63) is 58.7 Å². The summed E-state index contributed by atoms with van der Waals surface area (Å²) in [6, 6.07) is 9.54. The normalized spacial score (nSPS) is 22.8. The predicted molar refractivity (Wildman–Crippen MR) is 129 cm³/mol. The first kappa shape index (κ1) is 25.3. The van der Waals surface area contributed by atoms with Gasteiger partial charge >= 0.3 is 6.18 Å². The number of anilines is 1. The van der Waals surface area contributed by atoms with Crippen LogP contribution in [0.15, 0.2) is 36.4 Å². The number of ketones is 1. The second-order valence-electron chi connectivity index (χ2n) is 9.91. The first-order chi connectivity index (χ1) is 16.7. The van der Waals surface area contributed by atoms with Gasteiger partial charge < -0.3 is 10.1 Å². The van der Waals surface area contributed by atoms with Gasteiger partial charge in [-0.05, 0) is 93.5 Å². The number of methoxy groups -OCH3 is 1. The first-order valence-electron chi connectivity index (χ1n) is 12.4. The summed E-state index contributed by atoms with van der Waals surface area (Å²) in [5.74, 6) is -0.110. The maximum absolute atomic E-state index is 13.3. The molecule has 1 saturated carbocycles. The number of nitrogens with one attached hydrogen (secondary N) is 1. The summed E-state index contributed by atoms with van der Waals surface area (Å²) in [7, 11) is 1.18. The van der Waals surface area contributed by atoms with Crippen molar-refractivity contribution >= 4 is 17.4 Å². The van der Waals surface area contributed by atoms with E-state index in [1.54, 1.807) is 0 Å². The van der Waals surface area contributed by atoms with Crippen LogP contribution in [-0.2, 0) is 17.4 Å². The van der Waals surface area contributed by atoms with E-state index in [2.05, 4.69) is 18.3 Å².